The number of hydrogen-bond acceptors (Lipinski definition) is 1. The Hall–Kier alpha value is -1.30. The Morgan fingerprint density at radius 2 is 1.93 bits per heavy atom. The van der Waals surface area contributed by atoms with Crippen LogP contribution in [0.15, 0.2) is 12.1 Å². The number of benzene rings is 1. The van der Waals surface area contributed by atoms with E-state index in [0.29, 0.717) is 6.07 Å². The van der Waals surface area contributed by atoms with Crippen molar-refractivity contribution in [3.05, 3.63) is 29.6 Å². The molecule has 0 bridgehead atoms. The van der Waals surface area contributed by atoms with Gasteiger partial charge in [-0.3, -0.25) is 0 Å². The fourth-order valence-electron chi connectivity index (χ4n) is 0.832. The van der Waals surface area contributed by atoms with E-state index in [0.717, 1.165) is 6.07 Å². The number of halogens is 3. The molecule has 0 aliphatic rings. The molecule has 0 aliphatic heterocycles. The zero-order chi connectivity index (χ0) is 10.7. The molecule has 0 unspecified atom stereocenters. The molecule has 1 aromatic carbocycles. The van der Waals surface area contributed by atoms with Gasteiger partial charge in [0.15, 0.2) is 16.7 Å². The smallest absolute Gasteiger partial charge is 0.182 e. The molecule has 6 heteroatoms. The third-order valence-corrected chi connectivity index (χ3v) is 1.77. The summed E-state index contributed by atoms with van der Waals surface area (Å²) >= 11 is 4.65. The summed E-state index contributed by atoms with van der Waals surface area (Å²) in [7, 11) is 1.50. The van der Waals surface area contributed by atoms with Gasteiger partial charge < -0.3 is 10.6 Å². The van der Waals surface area contributed by atoms with E-state index >= 15 is 0 Å². The molecule has 2 N–H and O–H groups in total. The molecule has 1 aromatic rings. The zero-order valence-electron chi connectivity index (χ0n) is 7.20. The van der Waals surface area contributed by atoms with Gasteiger partial charge in [-0.25, -0.2) is 13.2 Å². The first kappa shape index (κ1) is 10.8. The van der Waals surface area contributed by atoms with Crippen LogP contribution in [0.3, 0.4) is 0 Å². The van der Waals surface area contributed by atoms with E-state index in [-0.39, 0.29) is 10.8 Å². The third-order valence-electron chi connectivity index (χ3n) is 1.47. The summed E-state index contributed by atoms with van der Waals surface area (Å²) in [6, 6.07) is 1.28. The molecule has 0 aromatic heterocycles. The van der Waals surface area contributed by atoms with Gasteiger partial charge in [-0.2, -0.15) is 0 Å². The molecule has 0 heterocycles. The minimum atomic E-state index is -1.26. The van der Waals surface area contributed by atoms with Gasteiger partial charge in [0.05, 0.1) is 5.69 Å². The predicted octanol–water partition coefficient (Wildman–Crippen LogP) is 2.02. The second kappa shape index (κ2) is 4.28. The second-order valence-electron chi connectivity index (χ2n) is 2.45. The van der Waals surface area contributed by atoms with Crippen molar-refractivity contribution in [2.45, 2.75) is 0 Å². The monoisotopic (exact) mass is 220 g/mol. The average Bonchev–Trinajstić information content (AvgIpc) is 2.13. The molecule has 76 valence electrons. The summed E-state index contributed by atoms with van der Waals surface area (Å²) in [6.45, 7) is 0. The minimum absolute atomic E-state index is 0.0777. The van der Waals surface area contributed by atoms with Gasteiger partial charge in [-0.05, 0) is 12.2 Å². The van der Waals surface area contributed by atoms with Crippen LogP contribution in [0.2, 0.25) is 0 Å². The molecule has 0 amide bonds. The van der Waals surface area contributed by atoms with Crippen LogP contribution in [0.25, 0.3) is 0 Å². The van der Waals surface area contributed by atoms with Crippen molar-refractivity contribution in [3.8, 4) is 0 Å². The van der Waals surface area contributed by atoms with E-state index in [2.05, 4.69) is 22.9 Å². The highest BCUT2D eigenvalue weighted by Crippen LogP contribution is 2.18. The van der Waals surface area contributed by atoms with Gasteiger partial charge in [-0.1, -0.05) is 0 Å². The summed E-state index contributed by atoms with van der Waals surface area (Å²) in [5.41, 5.74) is -0.332. The molecule has 14 heavy (non-hydrogen) atoms. The first-order valence-electron chi connectivity index (χ1n) is 3.68. The standard InChI is InChI=1S/C8H7F3N2S/c1-12-8(14)13-6-3-4(9)2-5(10)7(6)11/h2-3H,1H3,(H2,12,13,14). The molecule has 0 saturated heterocycles. The highest BCUT2D eigenvalue weighted by Gasteiger charge is 2.11. The summed E-state index contributed by atoms with van der Waals surface area (Å²) in [4.78, 5) is 0. The van der Waals surface area contributed by atoms with E-state index in [1.807, 2.05) is 0 Å². The molecular formula is C8H7F3N2S. The normalized spacial score (nSPS) is 9.71. The van der Waals surface area contributed by atoms with Crippen molar-refractivity contribution in [1.29, 1.82) is 0 Å². The van der Waals surface area contributed by atoms with Crippen LogP contribution < -0.4 is 10.6 Å². The highest BCUT2D eigenvalue weighted by atomic mass is 32.1. The molecule has 0 fully saturated rings. The Morgan fingerprint density at radius 1 is 1.29 bits per heavy atom. The lowest BCUT2D eigenvalue weighted by atomic mass is 10.3. The number of rotatable bonds is 1. The van der Waals surface area contributed by atoms with Crippen molar-refractivity contribution >= 4 is 23.0 Å². The minimum Gasteiger partial charge on any atom is -0.366 e. The van der Waals surface area contributed by atoms with E-state index in [9.17, 15) is 13.2 Å². The Kier molecular flexibility index (Phi) is 3.29. The fourth-order valence-corrected chi connectivity index (χ4v) is 0.942. The predicted molar refractivity (Wildman–Crippen MR) is 51.6 cm³/mol. The van der Waals surface area contributed by atoms with E-state index in [1.165, 1.54) is 7.05 Å². The maximum Gasteiger partial charge on any atom is 0.182 e. The van der Waals surface area contributed by atoms with Crippen molar-refractivity contribution in [2.75, 3.05) is 12.4 Å². The molecular weight excluding hydrogens is 213 g/mol. The van der Waals surface area contributed by atoms with Crippen molar-refractivity contribution in [1.82, 2.24) is 5.32 Å². The lowest BCUT2D eigenvalue weighted by Gasteiger charge is -2.08. The molecule has 1 rings (SSSR count). The Bertz CT molecular complexity index is 368. The van der Waals surface area contributed by atoms with Crippen LogP contribution >= 0.6 is 12.2 Å². The number of thiocarbonyl (C=S) groups is 1. The zero-order valence-corrected chi connectivity index (χ0v) is 8.01. The van der Waals surface area contributed by atoms with Crippen LogP contribution in [-0.4, -0.2) is 12.2 Å². The molecule has 0 radical (unpaired) electrons. The van der Waals surface area contributed by atoms with Crippen molar-refractivity contribution < 1.29 is 13.2 Å². The summed E-state index contributed by atoms with van der Waals surface area (Å²) in [5.74, 6) is -3.29. The SMILES string of the molecule is CNC(=S)Nc1cc(F)cc(F)c1F. The van der Waals surface area contributed by atoms with Gasteiger partial charge in [0.25, 0.3) is 0 Å². The molecule has 0 spiro atoms. The lowest BCUT2D eigenvalue weighted by molar-refractivity contribution is 0.498. The summed E-state index contributed by atoms with van der Waals surface area (Å²) in [6.07, 6.45) is 0. The van der Waals surface area contributed by atoms with Gasteiger partial charge in [0.2, 0.25) is 0 Å². The summed E-state index contributed by atoms with van der Waals surface area (Å²) < 4.78 is 38.3. The second-order valence-corrected chi connectivity index (χ2v) is 2.86. The van der Waals surface area contributed by atoms with Crippen LogP contribution in [0, 0.1) is 17.5 Å². The van der Waals surface area contributed by atoms with Gasteiger partial charge in [-0.15, -0.1) is 0 Å². The highest BCUT2D eigenvalue weighted by molar-refractivity contribution is 7.80. The number of nitrogens with one attached hydrogen (secondary N) is 2. The molecule has 0 aliphatic carbocycles. The first-order chi connectivity index (χ1) is 6.54. The van der Waals surface area contributed by atoms with Gasteiger partial charge >= 0.3 is 0 Å². The maximum atomic E-state index is 13.0. The average molecular weight is 220 g/mol. The van der Waals surface area contributed by atoms with Crippen LogP contribution in [0.1, 0.15) is 0 Å². The van der Waals surface area contributed by atoms with Crippen molar-refractivity contribution in [3.63, 3.8) is 0 Å². The Balaban J connectivity index is 3.02. The maximum absolute atomic E-state index is 13.0. The molecule has 0 atom stereocenters. The molecule has 0 saturated carbocycles. The fraction of sp³-hybridized carbons (Fsp3) is 0.125. The van der Waals surface area contributed by atoms with E-state index in [4.69, 9.17) is 0 Å². The Labute approximate surface area is 84.1 Å². The van der Waals surface area contributed by atoms with Gasteiger partial charge in [0, 0.05) is 19.2 Å². The van der Waals surface area contributed by atoms with Crippen LogP contribution in [0.5, 0.6) is 0 Å². The van der Waals surface area contributed by atoms with Crippen molar-refractivity contribution in [2.24, 2.45) is 0 Å². The van der Waals surface area contributed by atoms with Crippen LogP contribution in [0.4, 0.5) is 18.9 Å². The lowest BCUT2D eigenvalue weighted by Crippen LogP contribution is -2.24. The number of hydrogen-bond donors (Lipinski definition) is 2. The van der Waals surface area contributed by atoms with Gasteiger partial charge in [0.1, 0.15) is 5.82 Å². The summed E-state index contributed by atoms with van der Waals surface area (Å²) in [5, 5.41) is 4.87. The largest absolute Gasteiger partial charge is 0.366 e. The quantitative estimate of drug-likeness (QED) is 0.559. The van der Waals surface area contributed by atoms with Crippen LogP contribution in [-0.2, 0) is 0 Å². The van der Waals surface area contributed by atoms with E-state index in [1.54, 1.807) is 0 Å². The molecule has 2 nitrogen and oxygen atoms in total. The Morgan fingerprint density at radius 3 is 2.50 bits per heavy atom. The topological polar surface area (TPSA) is 24.1 Å². The van der Waals surface area contributed by atoms with E-state index < -0.39 is 17.5 Å². The third kappa shape index (κ3) is 2.35. The number of anilines is 1. The first-order valence-corrected chi connectivity index (χ1v) is 4.08.